The summed E-state index contributed by atoms with van der Waals surface area (Å²) in [5.74, 6) is -0.251. The molecule has 0 aromatic heterocycles. The topological polar surface area (TPSA) is 57.7 Å². The Kier molecular flexibility index (Phi) is 6.11. The molecule has 3 aromatic carbocycles. The largest absolute Gasteiger partial charge is 0.315 e. The second-order valence-electron chi connectivity index (χ2n) is 9.60. The molecule has 1 aliphatic heterocycles. The van der Waals surface area contributed by atoms with E-state index in [0.29, 0.717) is 24.4 Å². The highest BCUT2D eigenvalue weighted by atomic mass is 32.2. The number of hydrogen-bond donors (Lipinski definition) is 0. The quantitative estimate of drug-likeness (QED) is 0.480. The molecule has 6 heteroatoms. The highest BCUT2D eigenvalue weighted by molar-refractivity contribution is 7.89. The number of carbonyl (C=O) groups is 1. The van der Waals surface area contributed by atoms with Crippen molar-refractivity contribution < 1.29 is 13.2 Å². The molecule has 0 unspecified atom stereocenters. The number of para-hydroxylation sites is 1. The normalized spacial score (nSPS) is 22.3. The molecule has 5 rings (SSSR count). The summed E-state index contributed by atoms with van der Waals surface area (Å²) in [6.45, 7) is 2.62. The minimum Gasteiger partial charge on any atom is -0.315 e. The van der Waals surface area contributed by atoms with E-state index in [1.807, 2.05) is 73.7 Å². The fourth-order valence-electron chi connectivity index (χ4n) is 5.41. The van der Waals surface area contributed by atoms with Crippen molar-refractivity contribution >= 4 is 21.6 Å². The summed E-state index contributed by atoms with van der Waals surface area (Å²) in [5.41, 5.74) is 3.58. The van der Waals surface area contributed by atoms with Gasteiger partial charge in [0.25, 0.3) is 0 Å². The Morgan fingerprint density at radius 3 is 2.23 bits per heavy atom. The summed E-state index contributed by atoms with van der Waals surface area (Å²) in [6, 6.07) is 26.8. The summed E-state index contributed by atoms with van der Waals surface area (Å²) < 4.78 is 28.8. The van der Waals surface area contributed by atoms with Crippen molar-refractivity contribution in [3.05, 3.63) is 108 Å². The Balaban J connectivity index is 1.51. The Morgan fingerprint density at radius 1 is 0.943 bits per heavy atom. The number of rotatable bonds is 5. The Bertz CT molecular complexity index is 1350. The van der Waals surface area contributed by atoms with Crippen molar-refractivity contribution in [2.45, 2.75) is 30.1 Å². The minimum absolute atomic E-state index is 0.0326. The summed E-state index contributed by atoms with van der Waals surface area (Å²) >= 11 is 0. The average molecular weight is 487 g/mol. The molecular weight excluding hydrogens is 456 g/mol. The van der Waals surface area contributed by atoms with Crippen molar-refractivity contribution in [3.8, 4) is 0 Å². The molecule has 2 atom stereocenters. The number of amides is 1. The van der Waals surface area contributed by atoms with Crippen LogP contribution in [0.25, 0.3) is 0 Å². The van der Waals surface area contributed by atoms with E-state index in [1.165, 1.54) is 0 Å². The van der Waals surface area contributed by atoms with Crippen molar-refractivity contribution in [2.75, 3.05) is 25.0 Å². The minimum atomic E-state index is -3.66. The first-order valence-electron chi connectivity index (χ1n) is 12.0. The maximum Gasteiger partial charge on any atom is 0.243 e. The van der Waals surface area contributed by atoms with E-state index in [1.54, 1.807) is 28.4 Å². The second-order valence-corrected chi connectivity index (χ2v) is 11.5. The first kappa shape index (κ1) is 23.5. The third-order valence-electron chi connectivity index (χ3n) is 7.47. The molecule has 0 N–H and O–H groups in total. The van der Waals surface area contributed by atoms with Gasteiger partial charge in [-0.05, 0) is 55.2 Å². The van der Waals surface area contributed by atoms with E-state index in [9.17, 15) is 13.2 Å². The van der Waals surface area contributed by atoms with E-state index in [2.05, 4.69) is 12.1 Å². The monoisotopic (exact) mass is 486 g/mol. The number of aryl methyl sites for hydroxylation is 1. The first-order chi connectivity index (χ1) is 16.8. The van der Waals surface area contributed by atoms with Gasteiger partial charge in [0.2, 0.25) is 15.9 Å². The van der Waals surface area contributed by atoms with Crippen molar-refractivity contribution in [3.63, 3.8) is 0 Å². The summed E-state index contributed by atoms with van der Waals surface area (Å²) in [7, 11) is -1.86. The molecule has 1 saturated heterocycles. The number of carbonyl (C=O) groups excluding carboxylic acids is 1. The summed E-state index contributed by atoms with van der Waals surface area (Å²) in [4.78, 5) is 15.4. The molecule has 5 nitrogen and oxygen atoms in total. The molecule has 1 heterocycles. The third-order valence-corrected chi connectivity index (χ3v) is 9.27. The van der Waals surface area contributed by atoms with E-state index in [-0.39, 0.29) is 11.8 Å². The van der Waals surface area contributed by atoms with Crippen molar-refractivity contribution in [2.24, 2.45) is 5.92 Å². The lowest BCUT2D eigenvalue weighted by atomic mass is 9.67. The molecule has 35 heavy (non-hydrogen) atoms. The SMILES string of the molecule is Cc1ccc(S(=O)(=O)N2CC3=C[C@@H](C(=O)N(C)c4ccccc4)CC[C@@]3(c3ccccc3)C2)cc1. The van der Waals surface area contributed by atoms with Gasteiger partial charge in [0.1, 0.15) is 0 Å². The summed E-state index contributed by atoms with van der Waals surface area (Å²) in [5, 5.41) is 0. The molecule has 0 saturated carbocycles. The molecule has 1 amide bonds. The molecule has 0 spiro atoms. The predicted molar refractivity (Wildman–Crippen MR) is 139 cm³/mol. The van der Waals surface area contributed by atoms with Crippen LogP contribution in [0.2, 0.25) is 0 Å². The fourth-order valence-corrected chi connectivity index (χ4v) is 6.89. The van der Waals surface area contributed by atoms with Crippen LogP contribution in [0.3, 0.4) is 0 Å². The fraction of sp³-hybridized carbons (Fsp3) is 0.276. The van der Waals surface area contributed by atoms with Crippen LogP contribution >= 0.6 is 0 Å². The van der Waals surface area contributed by atoms with Gasteiger partial charge < -0.3 is 4.90 Å². The maximum atomic E-state index is 13.6. The molecular formula is C29H30N2O3S. The highest BCUT2D eigenvalue weighted by Gasteiger charge is 2.50. The van der Waals surface area contributed by atoms with Crippen LogP contribution in [-0.4, -0.2) is 38.8 Å². The first-order valence-corrected chi connectivity index (χ1v) is 13.4. The molecule has 1 aliphatic carbocycles. The zero-order chi connectivity index (χ0) is 24.6. The molecule has 1 fully saturated rings. The number of benzene rings is 3. The van der Waals surface area contributed by atoms with Gasteiger partial charge in [0.15, 0.2) is 0 Å². The van der Waals surface area contributed by atoms with Crippen LogP contribution in [-0.2, 0) is 20.2 Å². The van der Waals surface area contributed by atoms with Crippen LogP contribution in [0, 0.1) is 12.8 Å². The predicted octanol–water partition coefficient (Wildman–Crippen LogP) is 4.94. The number of sulfonamides is 1. The smallest absolute Gasteiger partial charge is 0.243 e. The van der Waals surface area contributed by atoms with E-state index < -0.39 is 15.4 Å². The van der Waals surface area contributed by atoms with Crippen LogP contribution < -0.4 is 4.90 Å². The molecule has 2 aliphatic rings. The lowest BCUT2D eigenvalue weighted by Gasteiger charge is -2.37. The van der Waals surface area contributed by atoms with Gasteiger partial charge in [-0.3, -0.25) is 4.79 Å². The average Bonchev–Trinajstić information content (AvgIpc) is 3.30. The number of fused-ring (bicyclic) bond motifs is 1. The standard InChI is InChI=1S/C29H30N2O3S/c1-22-13-15-27(16-14-22)35(33,34)31-20-25-19-23(28(32)30(2)26-11-7-4-8-12-26)17-18-29(25,21-31)24-9-5-3-6-10-24/h3-16,19,23H,17-18,20-21H2,1-2H3/t23-,29-/m0/s1. The Labute approximate surface area is 207 Å². The zero-order valence-electron chi connectivity index (χ0n) is 20.1. The lowest BCUT2D eigenvalue weighted by Crippen LogP contribution is -2.39. The van der Waals surface area contributed by atoms with E-state index in [0.717, 1.165) is 28.8 Å². The van der Waals surface area contributed by atoms with Gasteiger partial charge in [-0.25, -0.2) is 8.42 Å². The van der Waals surface area contributed by atoms with Gasteiger partial charge >= 0.3 is 0 Å². The Hall–Kier alpha value is -3.22. The van der Waals surface area contributed by atoms with Crippen LogP contribution in [0.1, 0.15) is 24.0 Å². The molecule has 0 bridgehead atoms. The maximum absolute atomic E-state index is 13.6. The van der Waals surface area contributed by atoms with Gasteiger partial charge in [0.05, 0.1) is 10.8 Å². The van der Waals surface area contributed by atoms with E-state index in [4.69, 9.17) is 0 Å². The van der Waals surface area contributed by atoms with Crippen LogP contribution in [0.5, 0.6) is 0 Å². The van der Waals surface area contributed by atoms with Gasteiger partial charge in [-0.15, -0.1) is 0 Å². The van der Waals surface area contributed by atoms with Crippen molar-refractivity contribution in [1.29, 1.82) is 0 Å². The zero-order valence-corrected chi connectivity index (χ0v) is 20.9. The van der Waals surface area contributed by atoms with E-state index >= 15 is 0 Å². The van der Waals surface area contributed by atoms with Crippen LogP contribution in [0.4, 0.5) is 5.69 Å². The number of anilines is 1. The second kappa shape index (κ2) is 9.10. The highest BCUT2D eigenvalue weighted by Crippen LogP contribution is 2.48. The summed E-state index contributed by atoms with van der Waals surface area (Å²) in [6.07, 6.45) is 3.44. The van der Waals surface area contributed by atoms with Crippen molar-refractivity contribution in [1.82, 2.24) is 4.31 Å². The van der Waals surface area contributed by atoms with Gasteiger partial charge in [-0.2, -0.15) is 4.31 Å². The molecule has 0 radical (unpaired) electrons. The Morgan fingerprint density at radius 2 is 1.57 bits per heavy atom. The number of hydrogen-bond acceptors (Lipinski definition) is 3. The van der Waals surface area contributed by atoms with Gasteiger partial charge in [0, 0.05) is 31.2 Å². The molecule has 3 aromatic rings. The van der Waals surface area contributed by atoms with Gasteiger partial charge in [-0.1, -0.05) is 72.3 Å². The van der Waals surface area contributed by atoms with Crippen LogP contribution in [0.15, 0.2) is 101 Å². The third kappa shape index (κ3) is 4.21. The molecule has 180 valence electrons. The lowest BCUT2D eigenvalue weighted by molar-refractivity contribution is -0.121. The number of nitrogens with zero attached hydrogens (tertiary/aromatic N) is 2.